The van der Waals surface area contributed by atoms with Crippen molar-refractivity contribution in [1.82, 2.24) is 30.2 Å². The first-order valence-electron chi connectivity index (χ1n) is 14.8. The Morgan fingerprint density at radius 2 is 1.96 bits per heavy atom. The lowest BCUT2D eigenvalue weighted by atomic mass is 10.0. The van der Waals surface area contributed by atoms with Crippen molar-refractivity contribution in [3.8, 4) is 0 Å². The van der Waals surface area contributed by atoms with Crippen LogP contribution in [0.4, 0.5) is 19.5 Å². The SMILES string of the molecule is CC(=O)OCC1=C(C(=O)O)N2C(=O)C(N(NC(=O)N3CCN(N=C4CC=CO4)C3=O)C(=O)C(=N)c3csc(NC(=O)OC(C)(C)C)n3)[C@H]2SC1. The first-order chi connectivity index (χ1) is 23.6. The van der Waals surface area contributed by atoms with Gasteiger partial charge in [-0.2, -0.15) is 0 Å². The molecular weight excluding hydrogens is 702 g/mol. The van der Waals surface area contributed by atoms with Crippen LogP contribution in [0.25, 0.3) is 0 Å². The Morgan fingerprint density at radius 3 is 2.60 bits per heavy atom. The van der Waals surface area contributed by atoms with Gasteiger partial charge >= 0.3 is 30.1 Å². The van der Waals surface area contributed by atoms with Crippen molar-refractivity contribution in [2.75, 3.05) is 30.8 Å². The van der Waals surface area contributed by atoms with Crippen LogP contribution in [0, 0.1) is 5.41 Å². The maximum atomic E-state index is 13.9. The fourth-order valence-corrected chi connectivity index (χ4v) is 6.93. The number of imide groups is 1. The van der Waals surface area contributed by atoms with Crippen LogP contribution in [-0.4, -0.2) is 126 Å². The number of esters is 1. The van der Waals surface area contributed by atoms with E-state index in [4.69, 9.17) is 19.6 Å². The van der Waals surface area contributed by atoms with E-state index < -0.39 is 76.9 Å². The highest BCUT2D eigenvalue weighted by molar-refractivity contribution is 8.00. The number of ether oxygens (including phenoxy) is 3. The van der Waals surface area contributed by atoms with E-state index in [1.54, 1.807) is 26.8 Å². The number of carboxylic acid groups (broad SMARTS) is 1. The molecule has 4 N–H and O–H groups in total. The number of anilines is 1. The summed E-state index contributed by atoms with van der Waals surface area (Å²) in [6.45, 7) is 5.55. The maximum Gasteiger partial charge on any atom is 0.413 e. The zero-order chi connectivity index (χ0) is 36.5. The molecule has 2 saturated heterocycles. The number of thiazole rings is 1. The molecule has 0 saturated carbocycles. The Bertz CT molecular complexity index is 1760. The van der Waals surface area contributed by atoms with Gasteiger partial charge in [-0.25, -0.2) is 44.5 Å². The molecule has 5 heterocycles. The number of hydrazone groups is 1. The van der Waals surface area contributed by atoms with Crippen LogP contribution in [0.2, 0.25) is 0 Å². The Morgan fingerprint density at radius 1 is 1.22 bits per heavy atom. The summed E-state index contributed by atoms with van der Waals surface area (Å²) < 4.78 is 15.3. The third-order valence-electron chi connectivity index (χ3n) is 7.02. The monoisotopic (exact) mass is 733 g/mol. The van der Waals surface area contributed by atoms with Gasteiger partial charge in [0.1, 0.15) is 34.7 Å². The van der Waals surface area contributed by atoms with Crippen LogP contribution in [0.1, 0.15) is 39.8 Å². The maximum absolute atomic E-state index is 13.9. The third-order valence-corrected chi connectivity index (χ3v) is 9.11. The summed E-state index contributed by atoms with van der Waals surface area (Å²) in [5, 5.41) is 26.8. The molecule has 0 bridgehead atoms. The van der Waals surface area contributed by atoms with E-state index in [0.717, 1.165) is 44.8 Å². The first-order valence-corrected chi connectivity index (χ1v) is 16.7. The second-order valence-corrected chi connectivity index (χ2v) is 13.7. The molecular formula is C28H31N9O11S2. The van der Waals surface area contributed by atoms with Gasteiger partial charge in [0, 0.05) is 30.1 Å². The average Bonchev–Trinajstić information content (AvgIpc) is 3.80. The highest BCUT2D eigenvalue weighted by Gasteiger charge is 2.58. The molecule has 4 aliphatic heterocycles. The molecule has 22 heteroatoms. The van der Waals surface area contributed by atoms with E-state index in [1.807, 2.05) is 0 Å². The number of fused-ring (bicyclic) bond motifs is 1. The van der Waals surface area contributed by atoms with Crippen LogP contribution in [-0.2, 0) is 33.4 Å². The molecule has 0 spiro atoms. The smallest absolute Gasteiger partial charge is 0.413 e. The fourth-order valence-electron chi connectivity index (χ4n) is 4.87. The van der Waals surface area contributed by atoms with Gasteiger partial charge in [-0.3, -0.25) is 30.0 Å². The molecule has 50 heavy (non-hydrogen) atoms. The van der Waals surface area contributed by atoms with Gasteiger partial charge in [0.2, 0.25) is 5.90 Å². The number of hydrogen-bond donors (Lipinski definition) is 4. The van der Waals surface area contributed by atoms with Crippen LogP contribution < -0.4 is 10.7 Å². The van der Waals surface area contributed by atoms with Crippen molar-refractivity contribution in [3.05, 3.63) is 34.7 Å². The highest BCUT2D eigenvalue weighted by Crippen LogP contribution is 2.42. The van der Waals surface area contributed by atoms with Gasteiger partial charge in [0.05, 0.1) is 19.4 Å². The number of aliphatic carboxylic acids is 1. The summed E-state index contributed by atoms with van der Waals surface area (Å²) in [5.74, 6) is -4.11. The van der Waals surface area contributed by atoms with Crippen LogP contribution in [0.15, 0.2) is 34.1 Å². The number of carboxylic acids is 1. The van der Waals surface area contributed by atoms with Crippen molar-refractivity contribution in [3.63, 3.8) is 0 Å². The summed E-state index contributed by atoms with van der Waals surface area (Å²) in [6.07, 6.45) is 2.57. The summed E-state index contributed by atoms with van der Waals surface area (Å²) in [6, 6.07) is -3.52. The highest BCUT2D eigenvalue weighted by atomic mass is 32.2. The molecule has 2 atom stereocenters. The minimum absolute atomic E-state index is 0.0123. The minimum atomic E-state index is -1.54. The van der Waals surface area contributed by atoms with E-state index >= 15 is 0 Å². The van der Waals surface area contributed by atoms with E-state index in [9.17, 15) is 38.7 Å². The van der Waals surface area contributed by atoms with E-state index in [1.165, 1.54) is 11.6 Å². The number of amides is 7. The number of hydrogen-bond acceptors (Lipinski definition) is 15. The van der Waals surface area contributed by atoms with Gasteiger partial charge < -0.3 is 19.3 Å². The number of β-lactam (4-membered cyclic amide) rings is 1. The average molecular weight is 734 g/mol. The summed E-state index contributed by atoms with van der Waals surface area (Å²) in [7, 11) is 0. The largest absolute Gasteiger partial charge is 0.477 e. The number of nitrogens with zero attached hydrogens (tertiary/aromatic N) is 6. The second-order valence-electron chi connectivity index (χ2n) is 11.8. The Hall–Kier alpha value is -5.51. The molecule has 7 amide bonds. The summed E-state index contributed by atoms with van der Waals surface area (Å²) >= 11 is 1.90. The van der Waals surface area contributed by atoms with Crippen molar-refractivity contribution in [1.29, 1.82) is 5.41 Å². The molecule has 5 rings (SSSR count). The number of nitrogens with one attached hydrogen (secondary N) is 3. The van der Waals surface area contributed by atoms with Gasteiger partial charge in [0.25, 0.3) is 11.8 Å². The predicted molar refractivity (Wildman–Crippen MR) is 173 cm³/mol. The van der Waals surface area contributed by atoms with Gasteiger partial charge in [-0.1, -0.05) is 0 Å². The molecule has 2 fully saturated rings. The predicted octanol–water partition coefficient (Wildman–Crippen LogP) is 1.48. The van der Waals surface area contributed by atoms with Gasteiger partial charge in [-0.15, -0.1) is 28.2 Å². The van der Waals surface area contributed by atoms with Crippen molar-refractivity contribution in [2.45, 2.75) is 51.1 Å². The Labute approximate surface area is 291 Å². The number of hydrazine groups is 1. The van der Waals surface area contributed by atoms with E-state index in [-0.39, 0.29) is 41.1 Å². The molecule has 1 unspecified atom stereocenters. The van der Waals surface area contributed by atoms with Crippen molar-refractivity contribution in [2.24, 2.45) is 5.10 Å². The fraction of sp³-hybridized carbons (Fsp3) is 0.429. The number of carbonyl (C=O) groups excluding carboxylic acids is 6. The van der Waals surface area contributed by atoms with Crippen LogP contribution >= 0.6 is 23.1 Å². The van der Waals surface area contributed by atoms with Gasteiger partial charge in [-0.05, 0) is 26.8 Å². The zero-order valence-corrected chi connectivity index (χ0v) is 28.6. The number of thioether (sulfide) groups is 1. The first kappa shape index (κ1) is 35.8. The lowest BCUT2D eigenvalue weighted by molar-refractivity contribution is -0.160. The molecule has 0 aliphatic carbocycles. The summed E-state index contributed by atoms with van der Waals surface area (Å²) in [5.41, 5.74) is 0.0964. The number of carbonyl (C=O) groups is 7. The normalized spacial score (nSPS) is 20.6. The van der Waals surface area contributed by atoms with Crippen LogP contribution in [0.5, 0.6) is 0 Å². The molecule has 1 aromatic heterocycles. The Kier molecular flexibility index (Phi) is 10.1. The lowest BCUT2D eigenvalue weighted by Crippen LogP contribution is -2.75. The topological polar surface area (TPSA) is 254 Å². The molecule has 266 valence electrons. The minimum Gasteiger partial charge on any atom is -0.477 e. The van der Waals surface area contributed by atoms with Crippen molar-refractivity contribution < 1.29 is 52.9 Å². The van der Waals surface area contributed by atoms with Crippen LogP contribution in [0.3, 0.4) is 0 Å². The third kappa shape index (κ3) is 7.54. The molecule has 1 aromatic rings. The standard InChI is InChI=1S/C28H31N9O11S2/c1-13(38)47-10-14-11-49-22-19(21(40)36(22)18(14)23(41)42)37(33-25(43)34-7-8-35(27(34)45)32-16-6-5-9-46-16)20(39)17(29)15-12-50-24(30-15)31-26(44)48-28(2,3)4/h5,9,12,19,22,29H,6-8,10-11H2,1-4H3,(H,33,43)(H,41,42)(H,30,31,44)/t19?,22-/m1/s1. The lowest BCUT2D eigenvalue weighted by Gasteiger charge is -2.52. The van der Waals surface area contributed by atoms with E-state index in [0.29, 0.717) is 11.4 Å². The molecule has 0 radical (unpaired) electrons. The molecule has 20 nitrogen and oxygen atoms in total. The zero-order valence-electron chi connectivity index (χ0n) is 27.0. The quantitative estimate of drug-likeness (QED) is 0.128. The van der Waals surface area contributed by atoms with Gasteiger partial charge in [0.15, 0.2) is 11.2 Å². The Balaban J connectivity index is 1.39. The molecule has 4 aliphatic rings. The molecule has 0 aromatic carbocycles. The van der Waals surface area contributed by atoms with E-state index in [2.05, 4.69) is 20.8 Å². The summed E-state index contributed by atoms with van der Waals surface area (Å²) in [4.78, 5) is 95.6. The number of aromatic nitrogens is 1. The number of rotatable bonds is 8. The second kappa shape index (κ2) is 14.2. The number of urea groups is 2. The van der Waals surface area contributed by atoms with Crippen molar-refractivity contribution >= 4 is 81.7 Å².